The van der Waals surface area contributed by atoms with Crippen molar-refractivity contribution in [2.75, 3.05) is 13.7 Å². The maximum Gasteiger partial charge on any atom is 0.508 e. The molecule has 1 aliphatic rings. The molecule has 0 bridgehead atoms. The first-order valence-corrected chi connectivity index (χ1v) is 4.56. The van der Waals surface area contributed by atoms with Gasteiger partial charge in [0.15, 0.2) is 6.29 Å². The molecule has 0 saturated carbocycles. The minimum absolute atomic E-state index is 0.408. The van der Waals surface area contributed by atoms with Gasteiger partial charge in [0.2, 0.25) is 0 Å². The van der Waals surface area contributed by atoms with Crippen molar-refractivity contribution in [3.05, 3.63) is 0 Å². The van der Waals surface area contributed by atoms with Crippen molar-refractivity contribution < 1.29 is 39.4 Å². The molecule has 0 aromatic heterocycles. The maximum atomic E-state index is 10.6. The lowest BCUT2D eigenvalue weighted by Crippen LogP contribution is -2.58. The maximum absolute atomic E-state index is 10.6. The Morgan fingerprint density at radius 2 is 1.81 bits per heavy atom. The van der Waals surface area contributed by atoms with Crippen molar-refractivity contribution in [2.24, 2.45) is 0 Å². The monoisotopic (exact) mass is 238 g/mol. The van der Waals surface area contributed by atoms with E-state index in [1.165, 1.54) is 0 Å². The minimum atomic E-state index is -1.65. The van der Waals surface area contributed by atoms with Crippen LogP contribution in [-0.4, -0.2) is 71.0 Å². The third-order valence-electron chi connectivity index (χ3n) is 2.22. The molecule has 0 aromatic rings. The zero-order valence-electron chi connectivity index (χ0n) is 8.52. The lowest BCUT2D eigenvalue weighted by Gasteiger charge is -2.37. The average Bonchev–Trinajstić information content (AvgIpc) is 2.28. The SMILES string of the molecule is COC(=O)OC[C@H]1O[C@H](O)[C@H](O)[C@@H](O)[C@@H]1O. The molecule has 5 atom stereocenters. The van der Waals surface area contributed by atoms with E-state index in [2.05, 4.69) is 9.47 Å². The Labute approximate surface area is 91.0 Å². The molecule has 0 aromatic carbocycles. The van der Waals surface area contributed by atoms with E-state index in [0.29, 0.717) is 0 Å². The van der Waals surface area contributed by atoms with E-state index >= 15 is 0 Å². The highest BCUT2D eigenvalue weighted by Gasteiger charge is 2.43. The van der Waals surface area contributed by atoms with Gasteiger partial charge in [-0.25, -0.2) is 4.79 Å². The summed E-state index contributed by atoms with van der Waals surface area (Å²) in [5.74, 6) is 0. The first-order chi connectivity index (χ1) is 7.47. The van der Waals surface area contributed by atoms with Gasteiger partial charge < -0.3 is 34.6 Å². The lowest BCUT2D eigenvalue weighted by atomic mass is 9.99. The van der Waals surface area contributed by atoms with Crippen LogP contribution in [0.25, 0.3) is 0 Å². The molecule has 1 saturated heterocycles. The van der Waals surface area contributed by atoms with Gasteiger partial charge in [0, 0.05) is 0 Å². The summed E-state index contributed by atoms with van der Waals surface area (Å²) in [6.45, 7) is -0.408. The highest BCUT2D eigenvalue weighted by Crippen LogP contribution is 2.19. The molecule has 0 aliphatic carbocycles. The van der Waals surface area contributed by atoms with Crippen molar-refractivity contribution in [1.29, 1.82) is 0 Å². The fourth-order valence-electron chi connectivity index (χ4n) is 1.28. The molecule has 1 aliphatic heterocycles. The van der Waals surface area contributed by atoms with E-state index in [-0.39, 0.29) is 0 Å². The van der Waals surface area contributed by atoms with Crippen LogP contribution >= 0.6 is 0 Å². The molecular weight excluding hydrogens is 224 g/mol. The van der Waals surface area contributed by atoms with Crippen molar-refractivity contribution in [3.8, 4) is 0 Å². The van der Waals surface area contributed by atoms with Crippen LogP contribution in [0.15, 0.2) is 0 Å². The molecule has 0 amide bonds. The molecule has 4 N–H and O–H groups in total. The van der Waals surface area contributed by atoms with Crippen LogP contribution in [0, 0.1) is 0 Å². The molecule has 16 heavy (non-hydrogen) atoms. The standard InChI is InChI=1S/C8H14O8/c1-14-8(13)15-2-3-4(9)5(10)6(11)7(12)16-3/h3-7,9-12H,2H2,1H3/t3-,4-,5+,6-,7+/m1/s1. The molecule has 0 spiro atoms. The minimum Gasteiger partial charge on any atom is -0.438 e. The molecule has 0 radical (unpaired) electrons. The van der Waals surface area contributed by atoms with Crippen LogP contribution in [0.4, 0.5) is 4.79 Å². The molecule has 1 rings (SSSR count). The summed E-state index contributed by atoms with van der Waals surface area (Å²) in [4.78, 5) is 10.6. The van der Waals surface area contributed by atoms with Crippen LogP contribution in [0.1, 0.15) is 0 Å². The van der Waals surface area contributed by atoms with Crippen molar-refractivity contribution in [3.63, 3.8) is 0 Å². The van der Waals surface area contributed by atoms with Crippen LogP contribution < -0.4 is 0 Å². The molecule has 8 nitrogen and oxygen atoms in total. The second kappa shape index (κ2) is 5.41. The van der Waals surface area contributed by atoms with Gasteiger partial charge in [-0.3, -0.25) is 0 Å². The Balaban J connectivity index is 2.50. The van der Waals surface area contributed by atoms with Crippen LogP contribution in [0.2, 0.25) is 0 Å². The summed E-state index contributed by atoms with van der Waals surface area (Å²) >= 11 is 0. The summed E-state index contributed by atoms with van der Waals surface area (Å²) in [6.07, 6.45) is -8.41. The molecule has 1 heterocycles. The largest absolute Gasteiger partial charge is 0.508 e. The van der Waals surface area contributed by atoms with Gasteiger partial charge in [0.05, 0.1) is 7.11 Å². The third-order valence-corrected chi connectivity index (χ3v) is 2.22. The highest BCUT2D eigenvalue weighted by atomic mass is 16.7. The van der Waals surface area contributed by atoms with Gasteiger partial charge in [-0.2, -0.15) is 0 Å². The van der Waals surface area contributed by atoms with Gasteiger partial charge in [-0.1, -0.05) is 0 Å². The number of carbonyl (C=O) groups excluding carboxylic acids is 1. The van der Waals surface area contributed by atoms with E-state index < -0.39 is 43.5 Å². The van der Waals surface area contributed by atoms with Crippen molar-refractivity contribution in [2.45, 2.75) is 30.7 Å². The first kappa shape index (κ1) is 13.1. The summed E-state index contributed by atoms with van der Waals surface area (Å²) in [6, 6.07) is 0. The predicted molar refractivity (Wildman–Crippen MR) is 47.3 cm³/mol. The number of carbonyl (C=O) groups is 1. The number of ether oxygens (including phenoxy) is 3. The van der Waals surface area contributed by atoms with E-state index in [1.54, 1.807) is 0 Å². The molecular formula is C8H14O8. The summed E-state index contributed by atoms with van der Waals surface area (Å²) in [5.41, 5.74) is 0. The Bertz CT molecular complexity index is 244. The molecule has 1 fully saturated rings. The Hall–Kier alpha value is -0.930. The molecule has 94 valence electrons. The summed E-state index contributed by atoms with van der Waals surface area (Å²) in [7, 11) is 1.11. The number of hydrogen-bond acceptors (Lipinski definition) is 8. The van der Waals surface area contributed by atoms with Crippen LogP contribution in [0.5, 0.6) is 0 Å². The number of aliphatic hydroxyl groups excluding tert-OH is 4. The quantitative estimate of drug-likeness (QED) is 0.391. The predicted octanol–water partition coefficient (Wildman–Crippen LogP) is -2.43. The van der Waals surface area contributed by atoms with Crippen molar-refractivity contribution >= 4 is 6.16 Å². The van der Waals surface area contributed by atoms with E-state index in [0.717, 1.165) is 7.11 Å². The Morgan fingerprint density at radius 1 is 1.19 bits per heavy atom. The third kappa shape index (κ3) is 2.80. The fourth-order valence-corrected chi connectivity index (χ4v) is 1.28. The smallest absolute Gasteiger partial charge is 0.438 e. The van der Waals surface area contributed by atoms with Gasteiger partial charge >= 0.3 is 6.16 Å². The van der Waals surface area contributed by atoms with Crippen LogP contribution in [-0.2, 0) is 14.2 Å². The average molecular weight is 238 g/mol. The van der Waals surface area contributed by atoms with Crippen LogP contribution in [0.3, 0.4) is 0 Å². The summed E-state index contributed by atoms with van der Waals surface area (Å²) in [5, 5.41) is 37.0. The Kier molecular flexibility index (Phi) is 4.44. The van der Waals surface area contributed by atoms with Gasteiger partial charge in [0.25, 0.3) is 0 Å². The van der Waals surface area contributed by atoms with Gasteiger partial charge in [0.1, 0.15) is 31.0 Å². The summed E-state index contributed by atoms with van der Waals surface area (Å²) < 4.78 is 13.4. The lowest BCUT2D eigenvalue weighted by molar-refractivity contribution is -0.286. The topological polar surface area (TPSA) is 126 Å². The van der Waals surface area contributed by atoms with E-state index in [9.17, 15) is 15.0 Å². The second-order valence-electron chi connectivity index (χ2n) is 3.30. The second-order valence-corrected chi connectivity index (χ2v) is 3.30. The zero-order chi connectivity index (χ0) is 12.3. The highest BCUT2D eigenvalue weighted by molar-refractivity contribution is 5.59. The Morgan fingerprint density at radius 3 is 2.38 bits per heavy atom. The van der Waals surface area contributed by atoms with E-state index in [4.69, 9.17) is 14.9 Å². The number of methoxy groups -OCH3 is 1. The van der Waals surface area contributed by atoms with Crippen molar-refractivity contribution in [1.82, 2.24) is 0 Å². The molecule has 8 heteroatoms. The zero-order valence-corrected chi connectivity index (χ0v) is 8.52. The normalized spacial score (nSPS) is 39.2. The number of rotatable bonds is 2. The number of hydrogen-bond donors (Lipinski definition) is 4. The first-order valence-electron chi connectivity index (χ1n) is 4.56. The number of aliphatic hydroxyl groups is 4. The molecule has 0 unspecified atom stereocenters. The van der Waals surface area contributed by atoms with Gasteiger partial charge in [-0.15, -0.1) is 0 Å². The fraction of sp³-hybridized carbons (Fsp3) is 0.875. The van der Waals surface area contributed by atoms with E-state index in [1.807, 2.05) is 0 Å². The van der Waals surface area contributed by atoms with Gasteiger partial charge in [-0.05, 0) is 0 Å².